The quantitative estimate of drug-likeness (QED) is 0.646. The zero-order valence-corrected chi connectivity index (χ0v) is 16.7. The van der Waals surface area contributed by atoms with Gasteiger partial charge in [-0.05, 0) is 57.0 Å². The van der Waals surface area contributed by atoms with E-state index >= 15 is 0 Å². The molecule has 1 aromatic heterocycles. The lowest BCUT2D eigenvalue weighted by molar-refractivity contribution is 0.0911. The number of hydrogen-bond donors (Lipinski definition) is 1. The monoisotopic (exact) mass is 375 g/mol. The van der Waals surface area contributed by atoms with Crippen molar-refractivity contribution in [1.82, 2.24) is 15.3 Å². The maximum atomic E-state index is 12.3. The van der Waals surface area contributed by atoms with E-state index in [4.69, 9.17) is 4.74 Å². The van der Waals surface area contributed by atoms with Crippen LogP contribution in [0.5, 0.6) is 11.8 Å². The fraction of sp³-hybridized carbons (Fsp3) is 0.261. The molecule has 0 aliphatic rings. The van der Waals surface area contributed by atoms with Crippen molar-refractivity contribution in [1.29, 1.82) is 0 Å². The Balaban J connectivity index is 1.65. The summed E-state index contributed by atoms with van der Waals surface area (Å²) in [4.78, 5) is 20.9. The molecule has 0 aliphatic carbocycles. The zero-order chi connectivity index (χ0) is 20.1. The zero-order valence-electron chi connectivity index (χ0n) is 16.7. The van der Waals surface area contributed by atoms with Crippen LogP contribution in [0.3, 0.4) is 0 Å². The van der Waals surface area contributed by atoms with Crippen molar-refractivity contribution in [2.24, 2.45) is 0 Å². The smallest absolute Gasteiger partial charge is 0.321 e. The van der Waals surface area contributed by atoms with E-state index in [0.717, 1.165) is 17.5 Å². The molecule has 0 radical (unpaired) electrons. The molecule has 0 unspecified atom stereocenters. The lowest BCUT2D eigenvalue weighted by atomic mass is 10.0. The van der Waals surface area contributed by atoms with Crippen molar-refractivity contribution >= 4 is 5.91 Å². The molecular weight excluding hydrogens is 350 g/mol. The molecule has 5 nitrogen and oxygen atoms in total. The van der Waals surface area contributed by atoms with Crippen molar-refractivity contribution < 1.29 is 9.53 Å². The summed E-state index contributed by atoms with van der Waals surface area (Å²) in [5, 5.41) is 3.01. The van der Waals surface area contributed by atoms with Gasteiger partial charge in [0.25, 0.3) is 5.91 Å². The van der Waals surface area contributed by atoms with Crippen molar-refractivity contribution in [3.05, 3.63) is 72.1 Å². The number of ether oxygens (including phenoxy) is 1. The Labute approximate surface area is 165 Å². The summed E-state index contributed by atoms with van der Waals surface area (Å²) in [5.41, 5.74) is 3.55. The molecule has 1 amide bonds. The van der Waals surface area contributed by atoms with E-state index in [1.165, 1.54) is 5.56 Å². The molecule has 3 rings (SSSR count). The van der Waals surface area contributed by atoms with Gasteiger partial charge in [-0.15, -0.1) is 0 Å². The predicted molar refractivity (Wildman–Crippen MR) is 111 cm³/mol. The maximum Gasteiger partial charge on any atom is 0.321 e. The number of nitrogens with one attached hydrogen (secondary N) is 1. The van der Waals surface area contributed by atoms with Crippen LogP contribution in [-0.4, -0.2) is 21.4 Å². The van der Waals surface area contributed by atoms with E-state index in [1.807, 2.05) is 32.9 Å². The minimum Gasteiger partial charge on any atom is -0.424 e. The molecule has 0 aliphatic heterocycles. The summed E-state index contributed by atoms with van der Waals surface area (Å²) in [5.74, 6) is 0.478. The van der Waals surface area contributed by atoms with E-state index in [9.17, 15) is 4.79 Å². The van der Waals surface area contributed by atoms with Gasteiger partial charge < -0.3 is 10.1 Å². The minimum absolute atomic E-state index is 0.0999. The minimum atomic E-state index is -0.237. The fourth-order valence-corrected chi connectivity index (χ4v) is 2.51. The Bertz CT molecular complexity index is 931. The van der Waals surface area contributed by atoms with Gasteiger partial charge in [0.2, 0.25) is 0 Å². The van der Waals surface area contributed by atoms with Gasteiger partial charge in [-0.2, -0.15) is 0 Å². The second-order valence-electron chi connectivity index (χ2n) is 7.44. The Kier molecular flexibility index (Phi) is 5.73. The average Bonchev–Trinajstić information content (AvgIpc) is 2.69. The first-order valence-corrected chi connectivity index (χ1v) is 9.36. The Morgan fingerprint density at radius 3 is 2.14 bits per heavy atom. The van der Waals surface area contributed by atoms with Crippen LogP contribution in [0.4, 0.5) is 0 Å². The molecule has 28 heavy (non-hydrogen) atoms. The molecule has 5 heteroatoms. The van der Waals surface area contributed by atoms with Crippen LogP contribution in [0.1, 0.15) is 43.1 Å². The summed E-state index contributed by atoms with van der Waals surface area (Å²) in [7, 11) is 0. The van der Waals surface area contributed by atoms with E-state index < -0.39 is 0 Å². The largest absolute Gasteiger partial charge is 0.424 e. The molecule has 0 atom stereocenters. The van der Waals surface area contributed by atoms with Gasteiger partial charge in [0.05, 0.1) is 0 Å². The standard InChI is InChI=1S/C23H25N3O2/c1-5-23(3,4)26-21(27)18-10-12-20(13-11-18)28-22-24-14-19(15-25-22)17-8-6-16(2)7-9-17/h6-15H,5H2,1-4H3,(H,26,27). The van der Waals surface area contributed by atoms with Gasteiger partial charge >= 0.3 is 6.01 Å². The molecule has 2 aromatic carbocycles. The summed E-state index contributed by atoms with van der Waals surface area (Å²) in [6.45, 7) is 8.10. The second kappa shape index (κ2) is 8.21. The van der Waals surface area contributed by atoms with E-state index in [-0.39, 0.29) is 17.5 Å². The van der Waals surface area contributed by atoms with Gasteiger partial charge in [0.1, 0.15) is 5.75 Å². The molecule has 0 fully saturated rings. The summed E-state index contributed by atoms with van der Waals surface area (Å²) in [6, 6.07) is 15.4. The van der Waals surface area contributed by atoms with Gasteiger partial charge in [-0.1, -0.05) is 36.8 Å². The van der Waals surface area contributed by atoms with Crippen molar-refractivity contribution in [2.75, 3.05) is 0 Å². The topological polar surface area (TPSA) is 64.1 Å². The number of nitrogens with zero attached hydrogens (tertiary/aromatic N) is 2. The third-order valence-electron chi connectivity index (χ3n) is 4.67. The number of aryl methyl sites for hydroxylation is 1. The molecule has 0 spiro atoms. The van der Waals surface area contributed by atoms with Crippen molar-refractivity contribution in [2.45, 2.75) is 39.7 Å². The number of rotatable bonds is 6. The summed E-state index contributed by atoms with van der Waals surface area (Å²) in [6.07, 6.45) is 4.33. The van der Waals surface area contributed by atoms with Gasteiger partial charge in [0, 0.05) is 29.1 Å². The normalized spacial score (nSPS) is 11.1. The third kappa shape index (κ3) is 4.94. The fourth-order valence-electron chi connectivity index (χ4n) is 2.51. The van der Waals surface area contributed by atoms with Crippen LogP contribution in [-0.2, 0) is 0 Å². The van der Waals surface area contributed by atoms with Crippen LogP contribution in [0.25, 0.3) is 11.1 Å². The Morgan fingerprint density at radius 1 is 0.964 bits per heavy atom. The number of carbonyl (C=O) groups excluding carboxylic acids is 1. The van der Waals surface area contributed by atoms with Crippen molar-refractivity contribution in [3.63, 3.8) is 0 Å². The number of hydrogen-bond acceptors (Lipinski definition) is 4. The molecule has 0 bridgehead atoms. The van der Waals surface area contributed by atoms with Crippen LogP contribution in [0.15, 0.2) is 60.9 Å². The van der Waals surface area contributed by atoms with E-state index in [1.54, 1.807) is 36.7 Å². The number of aromatic nitrogens is 2. The molecule has 144 valence electrons. The number of benzene rings is 2. The average molecular weight is 375 g/mol. The predicted octanol–water partition coefficient (Wildman–Crippen LogP) is 5.16. The summed E-state index contributed by atoms with van der Waals surface area (Å²) < 4.78 is 5.69. The highest BCUT2D eigenvalue weighted by Crippen LogP contribution is 2.22. The number of carbonyl (C=O) groups is 1. The molecule has 0 saturated carbocycles. The molecule has 3 aromatic rings. The van der Waals surface area contributed by atoms with Crippen molar-refractivity contribution in [3.8, 4) is 22.9 Å². The third-order valence-corrected chi connectivity index (χ3v) is 4.67. The molecule has 1 N–H and O–H groups in total. The highest BCUT2D eigenvalue weighted by atomic mass is 16.5. The van der Waals surface area contributed by atoms with Gasteiger partial charge in [-0.3, -0.25) is 4.79 Å². The van der Waals surface area contributed by atoms with Crippen LogP contribution < -0.4 is 10.1 Å². The lowest BCUT2D eigenvalue weighted by Gasteiger charge is -2.24. The Morgan fingerprint density at radius 2 is 1.57 bits per heavy atom. The van der Waals surface area contributed by atoms with Gasteiger partial charge in [0.15, 0.2) is 0 Å². The molecule has 0 saturated heterocycles. The SMILES string of the molecule is CCC(C)(C)NC(=O)c1ccc(Oc2ncc(-c3ccc(C)cc3)cn2)cc1. The highest BCUT2D eigenvalue weighted by molar-refractivity contribution is 5.94. The van der Waals surface area contributed by atoms with E-state index in [0.29, 0.717) is 11.3 Å². The molecule has 1 heterocycles. The van der Waals surface area contributed by atoms with Gasteiger partial charge in [-0.25, -0.2) is 9.97 Å². The lowest BCUT2D eigenvalue weighted by Crippen LogP contribution is -2.42. The van der Waals surface area contributed by atoms with Crippen LogP contribution >= 0.6 is 0 Å². The Hall–Kier alpha value is -3.21. The highest BCUT2D eigenvalue weighted by Gasteiger charge is 2.18. The van der Waals surface area contributed by atoms with Crippen LogP contribution in [0, 0.1) is 6.92 Å². The first kappa shape index (κ1) is 19.5. The first-order valence-electron chi connectivity index (χ1n) is 9.36. The number of amides is 1. The first-order chi connectivity index (χ1) is 13.4. The summed E-state index contributed by atoms with van der Waals surface area (Å²) >= 11 is 0. The van der Waals surface area contributed by atoms with Crippen LogP contribution in [0.2, 0.25) is 0 Å². The second-order valence-corrected chi connectivity index (χ2v) is 7.44. The molecular formula is C23H25N3O2. The maximum absolute atomic E-state index is 12.3. The van der Waals surface area contributed by atoms with E-state index in [2.05, 4.69) is 34.3 Å².